The smallest absolute Gasteiger partial charge is 0.306 e. The van der Waals surface area contributed by atoms with Gasteiger partial charge in [-0.1, -0.05) is 276 Å². The van der Waals surface area contributed by atoms with Crippen molar-refractivity contribution >= 4 is 17.9 Å². The lowest BCUT2D eigenvalue weighted by Gasteiger charge is -2.18. The average molecular weight is 930 g/mol. The molecule has 0 radical (unpaired) electrons. The predicted molar refractivity (Wildman–Crippen MR) is 284 cm³/mol. The molecule has 0 bridgehead atoms. The lowest BCUT2D eigenvalue weighted by molar-refractivity contribution is -0.167. The van der Waals surface area contributed by atoms with Crippen LogP contribution in [0.15, 0.2) is 24.3 Å². The van der Waals surface area contributed by atoms with Gasteiger partial charge in [-0.25, -0.2) is 0 Å². The van der Waals surface area contributed by atoms with Crippen LogP contribution in [-0.2, 0) is 28.6 Å². The molecule has 0 aromatic rings. The van der Waals surface area contributed by atoms with Crippen molar-refractivity contribution in [3.05, 3.63) is 24.3 Å². The highest BCUT2D eigenvalue weighted by Gasteiger charge is 2.19. The molecule has 0 aliphatic rings. The van der Waals surface area contributed by atoms with E-state index in [2.05, 4.69) is 45.1 Å². The van der Waals surface area contributed by atoms with E-state index in [0.29, 0.717) is 19.3 Å². The molecular weight excluding hydrogens is 817 g/mol. The van der Waals surface area contributed by atoms with Gasteiger partial charge in [0.15, 0.2) is 6.10 Å². The first-order valence-corrected chi connectivity index (χ1v) is 29.3. The number of allylic oxidation sites excluding steroid dienone is 4. The predicted octanol–water partition coefficient (Wildman–Crippen LogP) is 19.5. The molecule has 0 aliphatic heterocycles. The topological polar surface area (TPSA) is 78.9 Å². The van der Waals surface area contributed by atoms with E-state index in [1.165, 1.54) is 205 Å². The van der Waals surface area contributed by atoms with E-state index < -0.39 is 6.10 Å². The fourth-order valence-corrected chi connectivity index (χ4v) is 8.77. The summed E-state index contributed by atoms with van der Waals surface area (Å²) in [6.07, 6.45) is 64.5. The molecular formula is C60H112O6. The van der Waals surface area contributed by atoms with E-state index in [4.69, 9.17) is 14.2 Å². The number of ether oxygens (including phenoxy) is 3. The van der Waals surface area contributed by atoms with Crippen molar-refractivity contribution in [1.82, 2.24) is 0 Å². The Morgan fingerprint density at radius 3 is 0.864 bits per heavy atom. The Labute approximate surface area is 411 Å². The Bertz CT molecular complexity index is 1070. The Hall–Kier alpha value is -2.11. The number of hydrogen-bond donors (Lipinski definition) is 0. The lowest BCUT2D eigenvalue weighted by atomic mass is 10.0. The van der Waals surface area contributed by atoms with Crippen LogP contribution in [0.1, 0.15) is 323 Å². The van der Waals surface area contributed by atoms with Crippen molar-refractivity contribution in [3.8, 4) is 0 Å². The molecule has 388 valence electrons. The summed E-state index contributed by atoms with van der Waals surface area (Å²) in [4.78, 5) is 38.1. The minimum absolute atomic E-state index is 0.0715. The first-order chi connectivity index (χ1) is 32.5. The molecule has 1 atom stereocenters. The lowest BCUT2D eigenvalue weighted by Crippen LogP contribution is -2.30. The quantitative estimate of drug-likeness (QED) is 0.0262. The monoisotopic (exact) mass is 929 g/mol. The number of carbonyl (C=O) groups is 3. The molecule has 0 N–H and O–H groups in total. The van der Waals surface area contributed by atoms with Gasteiger partial charge in [0.05, 0.1) is 0 Å². The Kier molecular flexibility index (Phi) is 53.7. The molecule has 0 spiro atoms. The van der Waals surface area contributed by atoms with E-state index in [1.54, 1.807) is 0 Å². The third-order valence-electron chi connectivity index (χ3n) is 13.2. The molecule has 0 aliphatic carbocycles. The zero-order chi connectivity index (χ0) is 47.9. The summed E-state index contributed by atoms with van der Waals surface area (Å²) in [5, 5.41) is 0. The molecule has 0 saturated heterocycles. The average Bonchev–Trinajstić information content (AvgIpc) is 3.31. The van der Waals surface area contributed by atoms with Crippen molar-refractivity contribution < 1.29 is 28.6 Å². The first kappa shape index (κ1) is 63.9. The molecule has 0 saturated carbocycles. The summed E-state index contributed by atoms with van der Waals surface area (Å²) in [5.74, 6) is -0.864. The summed E-state index contributed by atoms with van der Waals surface area (Å²) >= 11 is 0. The molecule has 0 rings (SSSR count). The Balaban J connectivity index is 4.29. The van der Waals surface area contributed by atoms with Crippen LogP contribution in [0.25, 0.3) is 0 Å². The first-order valence-electron chi connectivity index (χ1n) is 29.3. The maximum absolute atomic E-state index is 12.8. The number of carbonyl (C=O) groups excluding carboxylic acids is 3. The summed E-state index contributed by atoms with van der Waals surface area (Å²) in [7, 11) is 0. The molecule has 6 nitrogen and oxygen atoms in total. The third-order valence-corrected chi connectivity index (χ3v) is 13.2. The fourth-order valence-electron chi connectivity index (χ4n) is 8.77. The SMILES string of the molecule is CCCCC/C=C\C/C=C\CCCCCCCC(=O)OC(COC(=O)CCCCCCCCCCCCCCC)COC(=O)CCCCCCCCCCCCCCCCCCCCCC. The normalized spacial score (nSPS) is 12.1. The van der Waals surface area contributed by atoms with Gasteiger partial charge in [-0.3, -0.25) is 14.4 Å². The van der Waals surface area contributed by atoms with Crippen LogP contribution in [0.4, 0.5) is 0 Å². The Morgan fingerprint density at radius 1 is 0.303 bits per heavy atom. The standard InChI is InChI=1S/C60H112O6/c1-4-7-10-13-16-19-22-25-27-28-29-30-31-33-35-38-41-44-47-50-53-59(62)65-56-57(55-64-58(61)52-49-46-43-40-37-34-24-21-18-15-12-9-6-3)66-60(63)54-51-48-45-42-39-36-32-26-23-20-17-14-11-8-5-2/h17,20,26,32,57H,4-16,18-19,21-25,27-31,33-56H2,1-3H3/b20-17-,32-26-. The van der Waals surface area contributed by atoms with E-state index in [0.717, 1.165) is 77.0 Å². The minimum atomic E-state index is -0.773. The van der Waals surface area contributed by atoms with Gasteiger partial charge in [-0.2, -0.15) is 0 Å². The van der Waals surface area contributed by atoms with Crippen LogP contribution < -0.4 is 0 Å². The largest absolute Gasteiger partial charge is 0.462 e. The highest BCUT2D eigenvalue weighted by Crippen LogP contribution is 2.17. The van der Waals surface area contributed by atoms with Gasteiger partial charge < -0.3 is 14.2 Å². The highest BCUT2D eigenvalue weighted by atomic mass is 16.6. The van der Waals surface area contributed by atoms with Gasteiger partial charge in [0.25, 0.3) is 0 Å². The minimum Gasteiger partial charge on any atom is -0.462 e. The van der Waals surface area contributed by atoms with Crippen LogP contribution in [0.2, 0.25) is 0 Å². The van der Waals surface area contributed by atoms with Crippen molar-refractivity contribution in [1.29, 1.82) is 0 Å². The summed E-state index contributed by atoms with van der Waals surface area (Å²) in [5.41, 5.74) is 0. The highest BCUT2D eigenvalue weighted by molar-refractivity contribution is 5.71. The second-order valence-corrected chi connectivity index (χ2v) is 19.9. The molecule has 0 heterocycles. The molecule has 0 amide bonds. The van der Waals surface area contributed by atoms with E-state index in [9.17, 15) is 14.4 Å². The summed E-state index contributed by atoms with van der Waals surface area (Å²) in [6.45, 7) is 6.65. The summed E-state index contributed by atoms with van der Waals surface area (Å²) in [6, 6.07) is 0. The van der Waals surface area contributed by atoms with Crippen LogP contribution in [0, 0.1) is 0 Å². The number of hydrogen-bond acceptors (Lipinski definition) is 6. The fraction of sp³-hybridized carbons (Fsp3) is 0.883. The molecule has 66 heavy (non-hydrogen) atoms. The van der Waals surface area contributed by atoms with Crippen molar-refractivity contribution in [2.24, 2.45) is 0 Å². The Morgan fingerprint density at radius 2 is 0.545 bits per heavy atom. The van der Waals surface area contributed by atoms with Gasteiger partial charge in [-0.15, -0.1) is 0 Å². The number of rotatable bonds is 54. The second-order valence-electron chi connectivity index (χ2n) is 19.9. The maximum atomic E-state index is 12.8. The van der Waals surface area contributed by atoms with Gasteiger partial charge >= 0.3 is 17.9 Å². The van der Waals surface area contributed by atoms with E-state index in [1.807, 2.05) is 0 Å². The number of unbranched alkanes of at least 4 members (excludes halogenated alkanes) is 39. The zero-order valence-corrected chi connectivity index (χ0v) is 44.5. The molecule has 0 fully saturated rings. The molecule has 0 aromatic heterocycles. The van der Waals surface area contributed by atoms with Crippen molar-refractivity contribution in [2.75, 3.05) is 13.2 Å². The molecule has 0 aromatic carbocycles. The van der Waals surface area contributed by atoms with Gasteiger partial charge in [-0.05, 0) is 51.4 Å². The van der Waals surface area contributed by atoms with Gasteiger partial charge in [0.2, 0.25) is 0 Å². The third kappa shape index (κ3) is 52.9. The number of esters is 3. The van der Waals surface area contributed by atoms with Crippen LogP contribution in [-0.4, -0.2) is 37.2 Å². The summed E-state index contributed by atoms with van der Waals surface area (Å²) < 4.78 is 16.9. The van der Waals surface area contributed by atoms with Crippen LogP contribution in [0.3, 0.4) is 0 Å². The van der Waals surface area contributed by atoms with Gasteiger partial charge in [0.1, 0.15) is 13.2 Å². The second kappa shape index (κ2) is 55.5. The molecule has 1 unspecified atom stereocenters. The molecule has 6 heteroatoms. The van der Waals surface area contributed by atoms with Crippen molar-refractivity contribution in [3.63, 3.8) is 0 Å². The van der Waals surface area contributed by atoms with Gasteiger partial charge in [0, 0.05) is 19.3 Å². The van der Waals surface area contributed by atoms with Crippen molar-refractivity contribution in [2.45, 2.75) is 329 Å². The van der Waals surface area contributed by atoms with E-state index in [-0.39, 0.29) is 31.1 Å². The van der Waals surface area contributed by atoms with Crippen LogP contribution >= 0.6 is 0 Å². The maximum Gasteiger partial charge on any atom is 0.306 e. The van der Waals surface area contributed by atoms with E-state index >= 15 is 0 Å². The zero-order valence-electron chi connectivity index (χ0n) is 44.5. The van der Waals surface area contributed by atoms with Crippen LogP contribution in [0.5, 0.6) is 0 Å².